The van der Waals surface area contributed by atoms with E-state index in [9.17, 15) is 5.11 Å². The van der Waals surface area contributed by atoms with Crippen molar-refractivity contribution in [2.75, 3.05) is 0 Å². The summed E-state index contributed by atoms with van der Waals surface area (Å²) in [6, 6.07) is 4.32. The van der Waals surface area contributed by atoms with Crippen LogP contribution in [0.15, 0.2) is 28.3 Å². The predicted octanol–water partition coefficient (Wildman–Crippen LogP) is 10.5. The van der Waals surface area contributed by atoms with Crippen LogP contribution in [0.3, 0.4) is 0 Å². The largest absolute Gasteiger partial charge is 0.611 e. The van der Waals surface area contributed by atoms with Gasteiger partial charge in [-0.15, -0.1) is 0 Å². The maximum Gasteiger partial charge on any atom is 0.281 e. The van der Waals surface area contributed by atoms with Crippen LogP contribution in [-0.4, -0.2) is 29.3 Å². The Labute approximate surface area is 294 Å². The zero-order valence-electron chi connectivity index (χ0n) is 32.0. The lowest BCUT2D eigenvalue weighted by molar-refractivity contribution is 0.235. The molecule has 0 bridgehead atoms. The molecule has 8 atom stereocenters. The Hall–Kier alpha value is -1.08. The smallest absolute Gasteiger partial charge is 0.281 e. The van der Waals surface area contributed by atoms with Crippen molar-refractivity contribution in [2.24, 2.45) is 35.5 Å². The van der Waals surface area contributed by atoms with Crippen LogP contribution in [0.4, 0.5) is 0 Å². The molecule has 0 saturated heterocycles. The number of phenolic OH excluding ortho intramolecular Hbond substituents is 1. The maximum atomic E-state index is 15.3. The van der Waals surface area contributed by atoms with Crippen molar-refractivity contribution < 1.29 is 14.2 Å². The fourth-order valence-electron chi connectivity index (χ4n) is 8.53. The van der Waals surface area contributed by atoms with Crippen LogP contribution >= 0.6 is 0 Å². The van der Waals surface area contributed by atoms with Crippen LogP contribution in [0, 0.1) is 35.5 Å². The highest BCUT2D eigenvalue weighted by Gasteiger charge is 2.48. The first-order valence-corrected chi connectivity index (χ1v) is 21.1. The molecule has 1 N–H and O–H groups in total. The molecule has 2 fully saturated rings. The monoisotopic (exact) mass is 685 g/mol. The van der Waals surface area contributed by atoms with Crippen LogP contribution in [0.25, 0.3) is 0 Å². The van der Waals surface area contributed by atoms with E-state index in [1.54, 1.807) is 0 Å². The standard InChI is InChI=1S/C41H67NO3S2/c1-14-42-24-30(21-29-22-33(40(8,9)10)37(43)34(23-29)41(11,12)13)38(46(44)35-19-27(6)15-17-31(35)25(2)3)39(42)47(45)36-20-28(7)16-18-32(36)26(4)5/h22-28,31-32,35-36,43H,14-21H2,1-13H3. The van der Waals surface area contributed by atoms with Crippen molar-refractivity contribution >= 4 is 22.4 Å². The van der Waals surface area contributed by atoms with Crippen LogP contribution in [0.2, 0.25) is 0 Å². The normalized spacial score (nSPS) is 27.4. The third-order valence-electron chi connectivity index (χ3n) is 11.4. The number of hydrogen-bond acceptors (Lipinski definition) is 3. The number of rotatable bonds is 9. The van der Waals surface area contributed by atoms with E-state index >= 15 is 9.11 Å². The number of phenols is 1. The lowest BCUT2D eigenvalue weighted by atomic mass is 9.77. The summed E-state index contributed by atoms with van der Waals surface area (Å²) in [6.07, 6.45) is 9.31. The molecule has 0 aliphatic heterocycles. The van der Waals surface area contributed by atoms with E-state index in [1.807, 2.05) is 0 Å². The van der Waals surface area contributed by atoms with Gasteiger partial charge in [-0.05, 0) is 95.0 Å². The van der Waals surface area contributed by atoms with Gasteiger partial charge in [-0.2, -0.15) is 0 Å². The minimum absolute atomic E-state index is 0.0576. The molecule has 47 heavy (non-hydrogen) atoms. The highest BCUT2D eigenvalue weighted by molar-refractivity contribution is 7.95. The Morgan fingerprint density at radius 1 is 0.787 bits per heavy atom. The predicted molar refractivity (Wildman–Crippen MR) is 201 cm³/mol. The van der Waals surface area contributed by atoms with Gasteiger partial charge in [-0.3, -0.25) is 0 Å². The summed E-state index contributed by atoms with van der Waals surface area (Å²) in [5.74, 6) is 3.16. The van der Waals surface area contributed by atoms with E-state index in [1.165, 1.54) is 12.8 Å². The zero-order chi connectivity index (χ0) is 35.2. The summed E-state index contributed by atoms with van der Waals surface area (Å²) in [6.45, 7) is 29.5. The summed E-state index contributed by atoms with van der Waals surface area (Å²) in [5, 5.41) is 12.4. The van der Waals surface area contributed by atoms with E-state index in [0.29, 0.717) is 54.2 Å². The van der Waals surface area contributed by atoms with Gasteiger partial charge in [0.05, 0.1) is 0 Å². The molecule has 2 aliphatic carbocycles. The van der Waals surface area contributed by atoms with Gasteiger partial charge in [0.15, 0.2) is 0 Å². The molecule has 1 heterocycles. The van der Waals surface area contributed by atoms with Gasteiger partial charge >= 0.3 is 0 Å². The Balaban J connectivity index is 1.94. The number of aryl methyl sites for hydroxylation is 1. The van der Waals surface area contributed by atoms with Crippen molar-refractivity contribution in [1.29, 1.82) is 0 Å². The molecule has 1 aromatic carbocycles. The minimum Gasteiger partial charge on any atom is -0.611 e. The molecule has 0 amide bonds. The zero-order valence-corrected chi connectivity index (χ0v) is 33.7. The number of aromatic nitrogens is 1. The first kappa shape index (κ1) is 38.7. The highest BCUT2D eigenvalue weighted by Crippen LogP contribution is 2.47. The second kappa shape index (κ2) is 15.0. The van der Waals surface area contributed by atoms with E-state index < -0.39 is 22.4 Å². The van der Waals surface area contributed by atoms with Crippen molar-refractivity contribution in [1.82, 2.24) is 4.57 Å². The van der Waals surface area contributed by atoms with Crippen molar-refractivity contribution in [2.45, 2.75) is 173 Å². The van der Waals surface area contributed by atoms with Gasteiger partial charge in [0.25, 0.3) is 5.03 Å². The Bertz CT molecular complexity index is 1310. The van der Waals surface area contributed by atoms with Gasteiger partial charge in [0.2, 0.25) is 4.90 Å². The average Bonchev–Trinajstić information content (AvgIpc) is 3.33. The molecule has 266 valence electrons. The molecular formula is C41H67NO3S2. The molecule has 0 radical (unpaired) electrons. The summed E-state index contributed by atoms with van der Waals surface area (Å²) in [4.78, 5) is 0.860. The fourth-order valence-corrected chi connectivity index (χ4v) is 13.6. The fraction of sp³-hybridized carbons (Fsp3) is 0.756. The number of benzene rings is 1. The second-order valence-electron chi connectivity index (χ2n) is 18.1. The summed E-state index contributed by atoms with van der Waals surface area (Å²) >= 11 is -2.55. The lowest BCUT2D eigenvalue weighted by Gasteiger charge is -2.39. The SMILES string of the molecule is CCn1cc(Cc2cc(C(C)(C)C)c(O)c(C(C)(C)C)c2)c([S+]([O-])C2CC(C)CCC2C(C)C)c1[S+]([O-])C1CC(C)CCC1C(C)C. The third kappa shape index (κ3) is 8.46. The van der Waals surface area contributed by atoms with Crippen LogP contribution < -0.4 is 0 Å². The molecule has 6 heteroatoms. The summed E-state index contributed by atoms with van der Waals surface area (Å²) in [7, 11) is 0. The van der Waals surface area contributed by atoms with Crippen molar-refractivity contribution in [3.8, 4) is 5.75 Å². The molecule has 0 spiro atoms. The first-order chi connectivity index (χ1) is 21.8. The third-order valence-corrected chi connectivity index (χ3v) is 15.4. The first-order valence-electron chi connectivity index (χ1n) is 18.7. The molecule has 4 rings (SSSR count). The second-order valence-corrected chi connectivity index (χ2v) is 21.3. The quantitative estimate of drug-likeness (QED) is 0.267. The maximum absolute atomic E-state index is 15.3. The minimum atomic E-state index is -1.29. The van der Waals surface area contributed by atoms with Gasteiger partial charge < -0.3 is 18.8 Å². The van der Waals surface area contributed by atoms with E-state index in [-0.39, 0.29) is 21.3 Å². The molecule has 1 aromatic heterocycles. The molecule has 2 aromatic rings. The molecule has 2 aliphatic rings. The Morgan fingerprint density at radius 2 is 1.23 bits per heavy atom. The number of hydrogen-bond donors (Lipinski definition) is 1. The Morgan fingerprint density at radius 3 is 1.64 bits per heavy atom. The highest BCUT2D eigenvalue weighted by atomic mass is 32.2. The molecule has 4 nitrogen and oxygen atoms in total. The van der Waals surface area contributed by atoms with Crippen LogP contribution in [0.5, 0.6) is 5.75 Å². The Kier molecular flexibility index (Phi) is 12.4. The topological polar surface area (TPSA) is 71.3 Å². The summed E-state index contributed by atoms with van der Waals surface area (Å²) in [5.41, 5.74) is 3.58. The van der Waals surface area contributed by atoms with E-state index in [2.05, 4.69) is 113 Å². The van der Waals surface area contributed by atoms with E-state index in [0.717, 1.165) is 57.9 Å². The average molecular weight is 686 g/mol. The number of aromatic hydroxyl groups is 1. The van der Waals surface area contributed by atoms with Crippen molar-refractivity contribution in [3.05, 3.63) is 40.6 Å². The van der Waals surface area contributed by atoms with Gasteiger partial charge in [0.1, 0.15) is 16.2 Å². The molecule has 8 unspecified atom stereocenters. The van der Waals surface area contributed by atoms with Gasteiger partial charge in [0, 0.05) is 47.7 Å². The van der Waals surface area contributed by atoms with Gasteiger partial charge in [-0.25, -0.2) is 0 Å². The summed E-state index contributed by atoms with van der Waals surface area (Å²) < 4.78 is 32.6. The van der Waals surface area contributed by atoms with Gasteiger partial charge in [-0.1, -0.05) is 108 Å². The molecular weight excluding hydrogens is 619 g/mol. The van der Waals surface area contributed by atoms with Crippen LogP contribution in [0.1, 0.15) is 151 Å². The van der Waals surface area contributed by atoms with Crippen molar-refractivity contribution in [3.63, 3.8) is 0 Å². The lowest BCUT2D eigenvalue weighted by Crippen LogP contribution is -2.41. The van der Waals surface area contributed by atoms with Crippen LogP contribution in [-0.2, 0) is 46.1 Å². The van der Waals surface area contributed by atoms with E-state index in [4.69, 9.17) is 0 Å². The number of nitrogens with zero attached hydrogens (tertiary/aromatic N) is 1. The molecule has 2 saturated carbocycles.